The zero-order valence-corrected chi connectivity index (χ0v) is 25.0. The van der Waals surface area contributed by atoms with Crippen LogP contribution in [0.15, 0.2) is 60.9 Å². The van der Waals surface area contributed by atoms with Gasteiger partial charge in [-0.3, -0.25) is 0 Å². The van der Waals surface area contributed by atoms with Crippen LogP contribution in [0.5, 0.6) is 5.88 Å². The van der Waals surface area contributed by atoms with Crippen molar-refractivity contribution in [2.24, 2.45) is 0 Å². The average molecular weight is 666 g/mol. The molecule has 1 aliphatic rings. The average Bonchev–Trinajstić information content (AvgIpc) is 3.78. The molecule has 5 heterocycles. The van der Waals surface area contributed by atoms with Gasteiger partial charge in [-0.2, -0.15) is 13.9 Å². The number of benzene rings is 2. The van der Waals surface area contributed by atoms with Gasteiger partial charge in [0.15, 0.2) is 10.0 Å². The summed E-state index contributed by atoms with van der Waals surface area (Å²) < 4.78 is 70.3. The number of aromatic carboxylic acids is 1. The monoisotopic (exact) mass is 665 g/mol. The van der Waals surface area contributed by atoms with Crippen molar-refractivity contribution in [2.45, 2.75) is 38.6 Å². The van der Waals surface area contributed by atoms with E-state index in [0.29, 0.717) is 50.3 Å². The first-order valence-corrected chi connectivity index (χ1v) is 15.1. The van der Waals surface area contributed by atoms with Crippen molar-refractivity contribution in [3.8, 4) is 27.7 Å². The third kappa shape index (κ3) is 6.29. The third-order valence-corrected chi connectivity index (χ3v) is 8.54. The fraction of sp³-hybridized carbons (Fsp3) is 0.226. The van der Waals surface area contributed by atoms with Crippen LogP contribution in [-0.2, 0) is 24.3 Å². The number of alkyl halides is 2. The highest BCUT2D eigenvalue weighted by molar-refractivity contribution is 7.14. The van der Waals surface area contributed by atoms with Gasteiger partial charge in [0.1, 0.15) is 24.1 Å². The van der Waals surface area contributed by atoms with Crippen LogP contribution in [0.25, 0.3) is 32.9 Å². The van der Waals surface area contributed by atoms with Crippen molar-refractivity contribution in [3.63, 3.8) is 0 Å². The van der Waals surface area contributed by atoms with Crippen molar-refractivity contribution in [3.05, 3.63) is 94.5 Å². The first kappa shape index (κ1) is 30.4. The summed E-state index contributed by atoms with van der Waals surface area (Å²) in [5.41, 5.74) is 1.71. The number of hydrogen-bond donors (Lipinski definition) is 1. The SMILES string of the molecule is O=C(O)c1ccc2nc(Cc3cc(F)c(-c4cccc(OCc5nnc(-c6cnn(C(F)F)c6)s5)n4)cc3F)n(CC3CCO3)c2c1. The van der Waals surface area contributed by atoms with E-state index < -0.39 is 24.2 Å². The molecular weight excluding hydrogens is 642 g/mol. The van der Waals surface area contributed by atoms with Crippen molar-refractivity contribution < 1.29 is 36.9 Å². The minimum Gasteiger partial charge on any atom is -0.478 e. The lowest BCUT2D eigenvalue weighted by Crippen LogP contribution is -2.31. The molecular formula is C31H23F4N7O4S. The molecule has 1 fully saturated rings. The van der Waals surface area contributed by atoms with E-state index in [2.05, 4.69) is 25.3 Å². The summed E-state index contributed by atoms with van der Waals surface area (Å²) in [6.07, 6.45) is 3.12. The van der Waals surface area contributed by atoms with Gasteiger partial charge in [0, 0.05) is 30.9 Å². The van der Waals surface area contributed by atoms with Crippen molar-refractivity contribution >= 4 is 28.3 Å². The van der Waals surface area contributed by atoms with E-state index in [9.17, 15) is 18.7 Å². The lowest BCUT2D eigenvalue weighted by Gasteiger charge is -2.27. The Hall–Kier alpha value is -5.22. The van der Waals surface area contributed by atoms with Gasteiger partial charge in [-0.1, -0.05) is 17.4 Å². The molecule has 47 heavy (non-hydrogen) atoms. The number of ether oxygens (including phenoxy) is 2. The normalized spacial score (nSPS) is 14.5. The molecule has 11 nitrogen and oxygen atoms in total. The predicted molar refractivity (Wildman–Crippen MR) is 160 cm³/mol. The largest absolute Gasteiger partial charge is 0.478 e. The maximum absolute atomic E-state index is 15.5. The van der Waals surface area contributed by atoms with Crippen LogP contribution in [0.3, 0.4) is 0 Å². The number of carboxylic acid groups (broad SMARTS) is 1. The van der Waals surface area contributed by atoms with E-state index in [1.165, 1.54) is 24.4 Å². The molecule has 2 aromatic carbocycles. The molecule has 0 aliphatic carbocycles. The van der Waals surface area contributed by atoms with E-state index in [0.717, 1.165) is 36.1 Å². The second kappa shape index (κ2) is 12.5. The quantitative estimate of drug-likeness (QED) is 0.162. The van der Waals surface area contributed by atoms with Gasteiger partial charge in [0.25, 0.3) is 0 Å². The Morgan fingerprint density at radius 1 is 1.11 bits per heavy atom. The van der Waals surface area contributed by atoms with Crippen LogP contribution in [0.4, 0.5) is 17.6 Å². The second-order valence-electron chi connectivity index (χ2n) is 10.7. The smallest absolute Gasteiger partial charge is 0.335 e. The van der Waals surface area contributed by atoms with Gasteiger partial charge in [0.05, 0.1) is 46.7 Å². The van der Waals surface area contributed by atoms with Crippen LogP contribution >= 0.6 is 11.3 Å². The number of imidazole rings is 1. The van der Waals surface area contributed by atoms with Gasteiger partial charge in [-0.15, -0.1) is 10.2 Å². The first-order valence-electron chi connectivity index (χ1n) is 14.3. The number of carboxylic acids is 1. The van der Waals surface area contributed by atoms with Crippen LogP contribution in [0, 0.1) is 11.6 Å². The Bertz CT molecular complexity index is 2110. The van der Waals surface area contributed by atoms with Crippen molar-refractivity contribution in [1.82, 2.24) is 34.5 Å². The molecule has 1 N–H and O–H groups in total. The van der Waals surface area contributed by atoms with Gasteiger partial charge in [-0.05, 0) is 48.4 Å². The van der Waals surface area contributed by atoms with E-state index in [-0.39, 0.29) is 47.4 Å². The van der Waals surface area contributed by atoms with E-state index in [1.54, 1.807) is 22.8 Å². The number of pyridine rings is 1. The summed E-state index contributed by atoms with van der Waals surface area (Å²) in [4.78, 5) is 20.5. The van der Waals surface area contributed by atoms with E-state index >= 15 is 8.78 Å². The van der Waals surface area contributed by atoms with E-state index in [4.69, 9.17) is 9.47 Å². The number of aromatic nitrogens is 7. The lowest BCUT2D eigenvalue weighted by molar-refractivity contribution is -0.0589. The third-order valence-electron chi connectivity index (χ3n) is 7.60. The molecule has 0 radical (unpaired) electrons. The molecule has 16 heteroatoms. The Labute approximate surface area is 267 Å². The summed E-state index contributed by atoms with van der Waals surface area (Å²) in [6.45, 7) is -1.80. The topological polar surface area (TPSA) is 130 Å². The molecule has 6 aromatic rings. The lowest BCUT2D eigenvalue weighted by atomic mass is 10.0. The molecule has 1 atom stereocenters. The van der Waals surface area contributed by atoms with Crippen LogP contribution in [-0.4, -0.2) is 58.3 Å². The van der Waals surface area contributed by atoms with Gasteiger partial charge < -0.3 is 19.1 Å². The number of rotatable bonds is 11. The number of fused-ring (bicyclic) bond motifs is 1. The highest BCUT2D eigenvalue weighted by Crippen LogP contribution is 2.30. The van der Waals surface area contributed by atoms with Crippen LogP contribution in [0.2, 0.25) is 0 Å². The molecule has 0 bridgehead atoms. The summed E-state index contributed by atoms with van der Waals surface area (Å²) in [6, 6.07) is 11.4. The predicted octanol–water partition coefficient (Wildman–Crippen LogP) is 6.14. The highest BCUT2D eigenvalue weighted by Gasteiger charge is 2.24. The van der Waals surface area contributed by atoms with Gasteiger partial charge in [-0.25, -0.2) is 28.2 Å². The minimum absolute atomic E-state index is 0.0455. The summed E-state index contributed by atoms with van der Waals surface area (Å²) in [5.74, 6) is -1.89. The summed E-state index contributed by atoms with van der Waals surface area (Å²) in [5, 5.41) is 21.9. The number of hydrogen-bond acceptors (Lipinski definition) is 9. The molecule has 240 valence electrons. The second-order valence-corrected chi connectivity index (χ2v) is 11.7. The van der Waals surface area contributed by atoms with Crippen LogP contribution in [0.1, 0.15) is 39.7 Å². The highest BCUT2D eigenvalue weighted by atomic mass is 32.1. The standard InChI is InChI=1S/C31H23F4N7O4S/c32-21-11-20(23-2-1-3-27(38-23)46-15-28-39-40-29(47-28)18-12-36-42(13-18)31(34)35)22(33)8-17(21)10-26-37-24-5-4-16(30(43)44)9-25(24)41(26)14-19-6-7-45-19/h1-5,8-9,11-13,19,31H,6-7,10,14-15H2,(H,43,44). The molecule has 0 saturated carbocycles. The van der Waals surface area contributed by atoms with Crippen LogP contribution < -0.4 is 4.74 Å². The van der Waals surface area contributed by atoms with Gasteiger partial charge in [0.2, 0.25) is 5.88 Å². The molecule has 0 amide bonds. The number of nitrogens with zero attached hydrogens (tertiary/aromatic N) is 7. The summed E-state index contributed by atoms with van der Waals surface area (Å²) in [7, 11) is 0. The van der Waals surface area contributed by atoms with Gasteiger partial charge >= 0.3 is 12.5 Å². The number of halogens is 4. The Morgan fingerprint density at radius 2 is 1.96 bits per heavy atom. The minimum atomic E-state index is -2.77. The van der Waals surface area contributed by atoms with Crippen molar-refractivity contribution in [1.29, 1.82) is 0 Å². The Kier molecular flexibility index (Phi) is 8.11. The Morgan fingerprint density at radius 3 is 2.70 bits per heavy atom. The fourth-order valence-electron chi connectivity index (χ4n) is 5.13. The maximum Gasteiger partial charge on any atom is 0.335 e. The molecule has 7 rings (SSSR count). The fourth-order valence-corrected chi connectivity index (χ4v) is 5.86. The molecule has 1 unspecified atom stereocenters. The molecule has 1 aliphatic heterocycles. The summed E-state index contributed by atoms with van der Waals surface area (Å²) >= 11 is 1.13. The molecule has 0 spiro atoms. The first-order chi connectivity index (χ1) is 22.7. The van der Waals surface area contributed by atoms with E-state index in [1.807, 2.05) is 0 Å². The van der Waals surface area contributed by atoms with Crippen molar-refractivity contribution in [2.75, 3.05) is 6.61 Å². The zero-order valence-electron chi connectivity index (χ0n) is 24.2. The maximum atomic E-state index is 15.5. The zero-order chi connectivity index (χ0) is 32.7. The molecule has 4 aromatic heterocycles. The molecule has 1 saturated heterocycles. The number of carbonyl (C=O) groups is 1. The Balaban J connectivity index is 1.09.